The summed E-state index contributed by atoms with van der Waals surface area (Å²) >= 11 is 0. The first-order valence-corrected chi connectivity index (χ1v) is 5.37. The summed E-state index contributed by atoms with van der Waals surface area (Å²) in [6, 6.07) is 1.40. The van der Waals surface area contributed by atoms with Gasteiger partial charge in [0.05, 0.1) is 6.33 Å². The molecule has 0 fully saturated rings. The van der Waals surface area contributed by atoms with Gasteiger partial charge >= 0.3 is 6.09 Å². The molecule has 1 aromatic heterocycles. The van der Waals surface area contributed by atoms with Crippen LogP contribution in [0.1, 0.15) is 26.5 Å². The van der Waals surface area contributed by atoms with Gasteiger partial charge in [0.15, 0.2) is 0 Å². The summed E-state index contributed by atoms with van der Waals surface area (Å²) in [6.07, 6.45) is 1.36. The van der Waals surface area contributed by atoms with Crippen molar-refractivity contribution in [3.05, 3.63) is 28.4 Å². The second-order valence-corrected chi connectivity index (χ2v) is 4.58. The number of H-pyrrole nitrogens is 1. The lowest BCUT2D eigenvalue weighted by atomic mass is 10.2. The Morgan fingerprint density at radius 1 is 1.53 bits per heavy atom. The first kappa shape index (κ1) is 13.2. The maximum atomic E-state index is 11.3. The number of ether oxygens (including phenoxy) is 1. The number of hydrogen-bond donors (Lipinski definition) is 2. The molecule has 0 aliphatic rings. The van der Waals surface area contributed by atoms with Gasteiger partial charge in [-0.3, -0.25) is 4.79 Å². The molecule has 2 N–H and O–H groups in total. The Bertz CT molecular complexity index is 434. The minimum Gasteiger partial charge on any atom is -0.444 e. The summed E-state index contributed by atoms with van der Waals surface area (Å²) < 4.78 is 5.06. The maximum Gasteiger partial charge on any atom is 0.407 e. The van der Waals surface area contributed by atoms with E-state index in [0.29, 0.717) is 18.7 Å². The van der Waals surface area contributed by atoms with Crippen LogP contribution in [0.15, 0.2) is 17.2 Å². The number of nitrogens with one attached hydrogen (secondary N) is 2. The van der Waals surface area contributed by atoms with E-state index < -0.39 is 11.7 Å². The third-order valence-corrected chi connectivity index (χ3v) is 1.78. The average Bonchev–Trinajstić information content (AvgIpc) is 2.14. The first-order valence-electron chi connectivity index (χ1n) is 5.37. The number of aromatic nitrogens is 2. The van der Waals surface area contributed by atoms with E-state index in [9.17, 15) is 9.59 Å². The highest BCUT2D eigenvalue weighted by Gasteiger charge is 2.15. The molecule has 1 heterocycles. The molecule has 0 aliphatic carbocycles. The average molecular weight is 239 g/mol. The van der Waals surface area contributed by atoms with Gasteiger partial charge in [-0.05, 0) is 20.8 Å². The second kappa shape index (κ2) is 5.47. The molecule has 0 bridgehead atoms. The molecule has 0 aliphatic heterocycles. The molecule has 6 nitrogen and oxygen atoms in total. The molecule has 17 heavy (non-hydrogen) atoms. The SMILES string of the molecule is CC(C)(C)OC(=O)NCCc1cc(=O)[nH]cn1. The predicted molar refractivity (Wildman–Crippen MR) is 62.8 cm³/mol. The highest BCUT2D eigenvalue weighted by atomic mass is 16.6. The van der Waals surface area contributed by atoms with Gasteiger partial charge in [0.1, 0.15) is 5.60 Å². The van der Waals surface area contributed by atoms with Crippen LogP contribution in [0.25, 0.3) is 0 Å². The Balaban J connectivity index is 2.33. The standard InChI is InChI=1S/C11H17N3O3/c1-11(2,3)17-10(16)12-5-4-8-6-9(15)14-7-13-8/h6-7H,4-5H2,1-3H3,(H,12,16)(H,13,14,15). The molecule has 0 aromatic carbocycles. The Morgan fingerprint density at radius 3 is 2.82 bits per heavy atom. The zero-order chi connectivity index (χ0) is 12.9. The molecule has 1 amide bonds. The zero-order valence-electron chi connectivity index (χ0n) is 10.2. The quantitative estimate of drug-likeness (QED) is 0.818. The predicted octanol–water partition coefficient (Wildman–Crippen LogP) is 0.837. The van der Waals surface area contributed by atoms with Gasteiger partial charge in [0, 0.05) is 24.7 Å². The van der Waals surface area contributed by atoms with Crippen LogP contribution >= 0.6 is 0 Å². The Labute approximate surface area is 99.4 Å². The third-order valence-electron chi connectivity index (χ3n) is 1.78. The van der Waals surface area contributed by atoms with Crippen LogP contribution in [0.5, 0.6) is 0 Å². The molecule has 1 aromatic rings. The van der Waals surface area contributed by atoms with Crippen molar-refractivity contribution in [3.8, 4) is 0 Å². The molecule has 0 unspecified atom stereocenters. The molecule has 0 saturated carbocycles. The van der Waals surface area contributed by atoms with E-state index in [1.165, 1.54) is 12.4 Å². The van der Waals surface area contributed by atoms with E-state index in [1.54, 1.807) is 20.8 Å². The maximum absolute atomic E-state index is 11.3. The van der Waals surface area contributed by atoms with Crippen molar-refractivity contribution in [2.75, 3.05) is 6.54 Å². The van der Waals surface area contributed by atoms with Crippen molar-refractivity contribution in [3.63, 3.8) is 0 Å². The van der Waals surface area contributed by atoms with Crippen molar-refractivity contribution < 1.29 is 9.53 Å². The fraction of sp³-hybridized carbons (Fsp3) is 0.545. The van der Waals surface area contributed by atoms with E-state index in [2.05, 4.69) is 15.3 Å². The van der Waals surface area contributed by atoms with E-state index in [-0.39, 0.29) is 5.56 Å². The molecule has 0 spiro atoms. The minimum atomic E-state index is -0.508. The summed E-state index contributed by atoms with van der Waals surface area (Å²) in [4.78, 5) is 28.6. The van der Waals surface area contributed by atoms with Crippen LogP contribution in [-0.4, -0.2) is 28.2 Å². The van der Waals surface area contributed by atoms with Crippen molar-refractivity contribution in [2.45, 2.75) is 32.8 Å². The van der Waals surface area contributed by atoms with Crippen LogP contribution in [0, 0.1) is 0 Å². The largest absolute Gasteiger partial charge is 0.444 e. The number of nitrogens with zero attached hydrogens (tertiary/aromatic N) is 1. The third kappa shape index (κ3) is 5.70. The topological polar surface area (TPSA) is 84.1 Å². The van der Waals surface area contributed by atoms with Crippen LogP contribution in [-0.2, 0) is 11.2 Å². The van der Waals surface area contributed by atoms with Gasteiger partial charge < -0.3 is 15.0 Å². The summed E-state index contributed by atoms with van der Waals surface area (Å²) in [5.74, 6) is 0. The van der Waals surface area contributed by atoms with Crippen LogP contribution in [0.4, 0.5) is 4.79 Å². The summed E-state index contributed by atoms with van der Waals surface area (Å²) in [5.41, 5.74) is -0.0799. The van der Waals surface area contributed by atoms with Gasteiger partial charge in [-0.15, -0.1) is 0 Å². The Kier molecular flexibility index (Phi) is 4.25. The molecule has 1 rings (SSSR count). The van der Waals surface area contributed by atoms with Gasteiger partial charge in [-0.25, -0.2) is 9.78 Å². The van der Waals surface area contributed by atoms with Gasteiger partial charge in [0.25, 0.3) is 5.56 Å². The lowest BCUT2D eigenvalue weighted by molar-refractivity contribution is 0.0528. The van der Waals surface area contributed by atoms with Gasteiger partial charge in [0.2, 0.25) is 0 Å². The highest BCUT2D eigenvalue weighted by molar-refractivity contribution is 5.67. The fourth-order valence-corrected chi connectivity index (χ4v) is 1.15. The van der Waals surface area contributed by atoms with Crippen molar-refractivity contribution in [1.82, 2.24) is 15.3 Å². The lowest BCUT2D eigenvalue weighted by Gasteiger charge is -2.19. The van der Waals surface area contributed by atoms with Crippen LogP contribution in [0.2, 0.25) is 0 Å². The van der Waals surface area contributed by atoms with E-state index in [4.69, 9.17) is 4.74 Å². The minimum absolute atomic E-state index is 0.202. The van der Waals surface area contributed by atoms with E-state index in [1.807, 2.05) is 0 Å². The summed E-state index contributed by atoms with van der Waals surface area (Å²) in [6.45, 7) is 5.77. The molecule has 94 valence electrons. The number of rotatable bonds is 3. The summed E-state index contributed by atoms with van der Waals surface area (Å²) in [5, 5.41) is 2.59. The zero-order valence-corrected chi connectivity index (χ0v) is 10.2. The van der Waals surface area contributed by atoms with Gasteiger partial charge in [-0.1, -0.05) is 0 Å². The van der Waals surface area contributed by atoms with E-state index >= 15 is 0 Å². The van der Waals surface area contributed by atoms with Gasteiger partial charge in [-0.2, -0.15) is 0 Å². The monoisotopic (exact) mass is 239 g/mol. The fourth-order valence-electron chi connectivity index (χ4n) is 1.15. The number of amides is 1. The Hall–Kier alpha value is -1.85. The van der Waals surface area contributed by atoms with E-state index in [0.717, 1.165) is 0 Å². The number of alkyl carbamates (subject to hydrolysis) is 1. The highest BCUT2D eigenvalue weighted by Crippen LogP contribution is 2.06. The number of carbonyl (C=O) groups is 1. The lowest BCUT2D eigenvalue weighted by Crippen LogP contribution is -2.33. The van der Waals surface area contributed by atoms with Crippen molar-refractivity contribution in [1.29, 1.82) is 0 Å². The molecule has 0 radical (unpaired) electrons. The number of hydrogen-bond acceptors (Lipinski definition) is 4. The molecule has 0 atom stereocenters. The number of aromatic amines is 1. The number of carbonyl (C=O) groups excluding carboxylic acids is 1. The van der Waals surface area contributed by atoms with Crippen molar-refractivity contribution in [2.24, 2.45) is 0 Å². The molecule has 6 heteroatoms. The Morgan fingerprint density at radius 2 is 2.24 bits per heavy atom. The normalized spacial score (nSPS) is 11.0. The molecular weight excluding hydrogens is 222 g/mol. The van der Waals surface area contributed by atoms with Crippen LogP contribution in [0.3, 0.4) is 0 Å². The summed E-state index contributed by atoms with van der Waals surface area (Å²) in [7, 11) is 0. The first-order chi connectivity index (χ1) is 7.87. The molecule has 0 saturated heterocycles. The van der Waals surface area contributed by atoms with Crippen molar-refractivity contribution >= 4 is 6.09 Å². The second-order valence-electron chi connectivity index (χ2n) is 4.58. The smallest absolute Gasteiger partial charge is 0.407 e. The molecular formula is C11H17N3O3. The van der Waals surface area contributed by atoms with Crippen LogP contribution < -0.4 is 10.9 Å².